The van der Waals surface area contributed by atoms with Crippen molar-refractivity contribution in [2.75, 3.05) is 26.2 Å². The molecule has 0 saturated heterocycles. The summed E-state index contributed by atoms with van der Waals surface area (Å²) >= 11 is 0. The van der Waals surface area contributed by atoms with E-state index in [1.54, 1.807) is 0 Å². The van der Waals surface area contributed by atoms with E-state index in [1.807, 2.05) is 0 Å². The fourth-order valence-electron chi connectivity index (χ4n) is 4.79. The highest BCUT2D eigenvalue weighted by Crippen LogP contribution is 2.18. The number of quaternary nitrogens is 1. The molecule has 0 amide bonds. The average molecular weight is 422 g/mol. The Morgan fingerprint density at radius 3 is 0.833 bits per heavy atom. The van der Waals surface area contributed by atoms with Gasteiger partial charge in [-0.1, -0.05) is 124 Å². The fourth-order valence-corrected chi connectivity index (χ4v) is 4.79. The van der Waals surface area contributed by atoms with Crippen LogP contribution in [-0.2, 0) is 0 Å². The minimum absolute atomic E-state index is 0. The van der Waals surface area contributed by atoms with Crippen LogP contribution < -0.4 is 0 Å². The maximum Gasteiger partial charge on any atom is 0.0786 e. The lowest BCUT2D eigenvalue weighted by atomic mass is 10.0. The second kappa shape index (κ2) is 25.3. The van der Waals surface area contributed by atoms with Gasteiger partial charge < -0.3 is 4.48 Å². The molecule has 0 fully saturated rings. The lowest BCUT2D eigenvalue weighted by Gasteiger charge is -2.39. The quantitative estimate of drug-likeness (QED) is 0.0827. The number of rotatable bonds is 24. The molecule has 30 heavy (non-hydrogen) atoms. The van der Waals surface area contributed by atoms with Gasteiger partial charge in [-0.15, -0.1) is 0 Å². The standard InChI is InChI=1S/C28H60N.B/c1-5-9-13-14-15-16-17-18-19-20-21-22-23-24-28-29(25-10-6-2,26-11-7-3)27-12-8-4;/h5-28H2,1-4H3;/q+1;. The van der Waals surface area contributed by atoms with E-state index in [0.29, 0.717) is 0 Å². The first kappa shape index (κ1) is 32.2. The maximum absolute atomic E-state index is 2.36. The number of hydrogen-bond acceptors (Lipinski definition) is 0. The maximum atomic E-state index is 2.36. The number of hydrogen-bond donors (Lipinski definition) is 0. The van der Waals surface area contributed by atoms with Gasteiger partial charge in [0.05, 0.1) is 26.2 Å². The molecule has 179 valence electrons. The molecule has 0 N–H and O–H groups in total. The van der Waals surface area contributed by atoms with E-state index in [9.17, 15) is 0 Å². The zero-order valence-corrected chi connectivity index (χ0v) is 22.0. The Balaban J connectivity index is 0. The summed E-state index contributed by atoms with van der Waals surface area (Å²) in [4.78, 5) is 0. The molecule has 1 nitrogen and oxygen atoms in total. The van der Waals surface area contributed by atoms with Crippen LogP contribution in [0, 0.1) is 0 Å². The molecule has 0 saturated carbocycles. The van der Waals surface area contributed by atoms with Gasteiger partial charge in [-0.3, -0.25) is 0 Å². The molecule has 0 aromatic rings. The molecule has 0 aliphatic heterocycles. The van der Waals surface area contributed by atoms with Crippen LogP contribution in [0.4, 0.5) is 0 Å². The molecular weight excluding hydrogens is 361 g/mol. The van der Waals surface area contributed by atoms with Crippen LogP contribution in [0.3, 0.4) is 0 Å². The highest BCUT2D eigenvalue weighted by molar-refractivity contribution is 5.75. The topological polar surface area (TPSA) is 0 Å². The molecule has 0 unspecified atom stereocenters. The summed E-state index contributed by atoms with van der Waals surface area (Å²) in [6.45, 7) is 15.2. The minimum atomic E-state index is 0. The van der Waals surface area contributed by atoms with Gasteiger partial charge in [-0.25, -0.2) is 0 Å². The van der Waals surface area contributed by atoms with Gasteiger partial charge in [0.1, 0.15) is 0 Å². The van der Waals surface area contributed by atoms with Gasteiger partial charge in [0.2, 0.25) is 0 Å². The van der Waals surface area contributed by atoms with E-state index in [-0.39, 0.29) is 8.41 Å². The van der Waals surface area contributed by atoms with Gasteiger partial charge >= 0.3 is 0 Å². The normalized spacial score (nSPS) is 11.6. The molecular formula is C28H60BN+. The van der Waals surface area contributed by atoms with Crippen molar-refractivity contribution in [1.82, 2.24) is 0 Å². The molecule has 0 bridgehead atoms. The van der Waals surface area contributed by atoms with Gasteiger partial charge in [-0.2, -0.15) is 0 Å². The van der Waals surface area contributed by atoms with Crippen LogP contribution in [0.1, 0.15) is 156 Å². The summed E-state index contributed by atoms with van der Waals surface area (Å²) in [5.74, 6) is 0. The van der Waals surface area contributed by atoms with Crippen LogP contribution in [0.5, 0.6) is 0 Å². The Morgan fingerprint density at radius 1 is 0.300 bits per heavy atom. The van der Waals surface area contributed by atoms with E-state index >= 15 is 0 Å². The van der Waals surface area contributed by atoms with Crippen molar-refractivity contribution in [3.8, 4) is 0 Å². The second-order valence-electron chi connectivity index (χ2n) is 9.89. The largest absolute Gasteiger partial charge is 0.324 e. The molecule has 0 aliphatic rings. The molecule has 2 heteroatoms. The molecule has 0 spiro atoms. The predicted molar refractivity (Wildman–Crippen MR) is 141 cm³/mol. The fraction of sp³-hybridized carbons (Fsp3) is 1.00. The zero-order chi connectivity index (χ0) is 21.5. The third-order valence-electron chi connectivity index (χ3n) is 6.94. The first-order chi connectivity index (χ1) is 14.2. The molecule has 0 heterocycles. The van der Waals surface area contributed by atoms with Gasteiger partial charge in [0, 0.05) is 8.41 Å². The van der Waals surface area contributed by atoms with E-state index in [0.717, 1.165) is 0 Å². The van der Waals surface area contributed by atoms with E-state index in [4.69, 9.17) is 0 Å². The van der Waals surface area contributed by atoms with Crippen molar-refractivity contribution in [2.24, 2.45) is 0 Å². The first-order valence-corrected chi connectivity index (χ1v) is 14.1. The Labute approximate surface area is 195 Å². The van der Waals surface area contributed by atoms with Crippen molar-refractivity contribution in [2.45, 2.75) is 156 Å². The van der Waals surface area contributed by atoms with E-state index in [1.165, 1.54) is 159 Å². The van der Waals surface area contributed by atoms with Crippen LogP contribution >= 0.6 is 0 Å². The van der Waals surface area contributed by atoms with Crippen molar-refractivity contribution < 1.29 is 4.48 Å². The van der Waals surface area contributed by atoms with Crippen molar-refractivity contribution in [1.29, 1.82) is 0 Å². The average Bonchev–Trinajstić information content (AvgIpc) is 2.74. The molecule has 0 rings (SSSR count). The summed E-state index contributed by atoms with van der Waals surface area (Å²) in [7, 11) is 0. The van der Waals surface area contributed by atoms with Gasteiger partial charge in [-0.05, 0) is 32.1 Å². The van der Waals surface area contributed by atoms with Crippen LogP contribution in [0.15, 0.2) is 0 Å². The third-order valence-corrected chi connectivity index (χ3v) is 6.94. The van der Waals surface area contributed by atoms with Gasteiger partial charge in [0.25, 0.3) is 0 Å². The highest BCUT2D eigenvalue weighted by atomic mass is 15.3. The summed E-state index contributed by atoms with van der Waals surface area (Å²) < 4.78 is 1.44. The van der Waals surface area contributed by atoms with Crippen LogP contribution in [0.25, 0.3) is 0 Å². The van der Waals surface area contributed by atoms with Crippen molar-refractivity contribution >= 4 is 8.41 Å². The summed E-state index contributed by atoms with van der Waals surface area (Å²) in [6.07, 6.45) is 28.9. The molecule has 0 atom stereocenters. The first-order valence-electron chi connectivity index (χ1n) is 14.1. The number of unbranched alkanes of at least 4 members (excludes halogenated alkanes) is 16. The van der Waals surface area contributed by atoms with Gasteiger partial charge in [0.15, 0.2) is 0 Å². The van der Waals surface area contributed by atoms with Crippen molar-refractivity contribution in [3.63, 3.8) is 0 Å². The molecule has 0 aromatic carbocycles. The minimum Gasteiger partial charge on any atom is -0.324 e. The van der Waals surface area contributed by atoms with Crippen LogP contribution in [0.2, 0.25) is 0 Å². The van der Waals surface area contributed by atoms with E-state index in [2.05, 4.69) is 27.7 Å². The monoisotopic (exact) mass is 421 g/mol. The second-order valence-corrected chi connectivity index (χ2v) is 9.89. The third kappa shape index (κ3) is 20.0. The Morgan fingerprint density at radius 2 is 0.533 bits per heavy atom. The van der Waals surface area contributed by atoms with Crippen molar-refractivity contribution in [3.05, 3.63) is 0 Å². The zero-order valence-electron chi connectivity index (χ0n) is 22.0. The SMILES string of the molecule is CCCCCCCCCCCCCCCC[N+](CCCC)(CCCC)CCCC.[B]. The predicted octanol–water partition coefficient (Wildman–Crippen LogP) is 9.30. The van der Waals surface area contributed by atoms with E-state index < -0.39 is 0 Å². The molecule has 0 aliphatic carbocycles. The smallest absolute Gasteiger partial charge is 0.0786 e. The number of nitrogens with zero attached hydrogens (tertiary/aromatic N) is 1. The Kier molecular flexibility index (Phi) is 27.1. The molecule has 0 aromatic heterocycles. The Bertz CT molecular complexity index is 283. The summed E-state index contributed by atoms with van der Waals surface area (Å²) in [5, 5.41) is 0. The van der Waals surface area contributed by atoms with Crippen LogP contribution in [-0.4, -0.2) is 39.1 Å². The summed E-state index contributed by atoms with van der Waals surface area (Å²) in [5.41, 5.74) is 0. The lowest BCUT2D eigenvalue weighted by Crippen LogP contribution is -2.50. The molecule has 3 radical (unpaired) electrons. The highest BCUT2D eigenvalue weighted by Gasteiger charge is 2.24. The lowest BCUT2D eigenvalue weighted by molar-refractivity contribution is -0.929. The summed E-state index contributed by atoms with van der Waals surface area (Å²) in [6, 6.07) is 0. The Hall–Kier alpha value is 0.0249.